The smallest absolute Gasteiger partial charge is 0.224 e. The van der Waals surface area contributed by atoms with Crippen molar-refractivity contribution in [1.82, 2.24) is 20.1 Å². The Hall–Kier alpha value is -2.44. The van der Waals surface area contributed by atoms with Gasteiger partial charge in [0.2, 0.25) is 11.8 Å². The maximum Gasteiger partial charge on any atom is 0.224 e. The summed E-state index contributed by atoms with van der Waals surface area (Å²) in [5.41, 5.74) is 1.92. The van der Waals surface area contributed by atoms with Crippen molar-refractivity contribution < 1.29 is 9.53 Å². The van der Waals surface area contributed by atoms with Crippen LogP contribution >= 0.6 is 0 Å². The van der Waals surface area contributed by atoms with Crippen molar-refractivity contribution in [3.63, 3.8) is 0 Å². The Morgan fingerprint density at radius 2 is 1.93 bits per heavy atom. The molecule has 0 spiro atoms. The molecule has 0 radical (unpaired) electrons. The standard InChI is InChI=1S/C21H28N4O2/c1-17-6-3-4-8-19(17)27-21-18(7-5-10-22-21)16-23-20(26)9-11-25-14-12-24(2)13-15-25/h3-8,10H,9,11-16H2,1-2H3,(H,23,26). The zero-order valence-electron chi connectivity index (χ0n) is 16.1. The Kier molecular flexibility index (Phi) is 6.79. The van der Waals surface area contributed by atoms with Crippen LogP contribution in [0.15, 0.2) is 42.6 Å². The van der Waals surface area contributed by atoms with Gasteiger partial charge in [-0.3, -0.25) is 4.79 Å². The average molecular weight is 368 g/mol. The van der Waals surface area contributed by atoms with Crippen LogP contribution in [0.3, 0.4) is 0 Å². The maximum atomic E-state index is 12.2. The molecule has 3 rings (SSSR count). The van der Waals surface area contributed by atoms with Crippen molar-refractivity contribution in [3.8, 4) is 11.6 Å². The van der Waals surface area contributed by atoms with E-state index in [-0.39, 0.29) is 5.91 Å². The molecule has 6 nitrogen and oxygen atoms in total. The summed E-state index contributed by atoms with van der Waals surface area (Å²) in [4.78, 5) is 21.2. The minimum absolute atomic E-state index is 0.0552. The van der Waals surface area contributed by atoms with E-state index >= 15 is 0 Å². The van der Waals surface area contributed by atoms with Crippen molar-refractivity contribution in [2.75, 3.05) is 39.8 Å². The molecule has 1 amide bonds. The second-order valence-corrected chi connectivity index (χ2v) is 7.01. The third kappa shape index (κ3) is 5.77. The van der Waals surface area contributed by atoms with Gasteiger partial charge in [-0.25, -0.2) is 4.98 Å². The van der Waals surface area contributed by atoms with E-state index in [9.17, 15) is 4.79 Å². The highest BCUT2D eigenvalue weighted by Crippen LogP contribution is 2.25. The van der Waals surface area contributed by atoms with Gasteiger partial charge in [-0.1, -0.05) is 24.3 Å². The fourth-order valence-electron chi connectivity index (χ4n) is 3.04. The molecule has 27 heavy (non-hydrogen) atoms. The van der Waals surface area contributed by atoms with E-state index in [2.05, 4.69) is 27.1 Å². The van der Waals surface area contributed by atoms with Crippen LogP contribution in [0, 0.1) is 6.92 Å². The molecule has 144 valence electrons. The molecule has 0 unspecified atom stereocenters. The molecule has 6 heteroatoms. The summed E-state index contributed by atoms with van der Waals surface area (Å²) in [5.74, 6) is 1.37. The van der Waals surface area contributed by atoms with E-state index in [0.717, 1.165) is 49.6 Å². The SMILES string of the molecule is Cc1ccccc1Oc1ncccc1CNC(=O)CCN1CCN(C)CC1. The predicted molar refractivity (Wildman–Crippen MR) is 106 cm³/mol. The highest BCUT2D eigenvalue weighted by molar-refractivity contribution is 5.76. The molecular weight excluding hydrogens is 340 g/mol. The number of likely N-dealkylation sites (N-methyl/N-ethyl adjacent to an activating group) is 1. The molecule has 1 aromatic carbocycles. The second kappa shape index (κ2) is 9.48. The summed E-state index contributed by atoms with van der Waals surface area (Å²) in [6.07, 6.45) is 2.21. The number of piperazine rings is 1. The van der Waals surface area contributed by atoms with Gasteiger partial charge in [0.15, 0.2) is 0 Å². The summed E-state index contributed by atoms with van der Waals surface area (Å²) < 4.78 is 5.96. The summed E-state index contributed by atoms with van der Waals surface area (Å²) in [5, 5.41) is 2.99. The van der Waals surface area contributed by atoms with Gasteiger partial charge in [0.05, 0.1) is 0 Å². The van der Waals surface area contributed by atoms with Gasteiger partial charge in [-0.2, -0.15) is 0 Å². The number of carbonyl (C=O) groups excluding carboxylic acids is 1. The molecule has 0 saturated carbocycles. The summed E-state index contributed by atoms with van der Waals surface area (Å²) in [6, 6.07) is 11.6. The number of nitrogens with one attached hydrogen (secondary N) is 1. The number of nitrogens with zero attached hydrogens (tertiary/aromatic N) is 3. The minimum Gasteiger partial charge on any atom is -0.438 e. The average Bonchev–Trinajstić information content (AvgIpc) is 2.68. The Balaban J connectivity index is 1.50. The second-order valence-electron chi connectivity index (χ2n) is 7.01. The monoisotopic (exact) mass is 368 g/mol. The van der Waals surface area contributed by atoms with Gasteiger partial charge in [0.25, 0.3) is 0 Å². The number of ether oxygens (including phenoxy) is 1. The van der Waals surface area contributed by atoms with Crippen LogP contribution < -0.4 is 10.1 Å². The molecule has 1 saturated heterocycles. The molecule has 0 bridgehead atoms. The summed E-state index contributed by atoms with van der Waals surface area (Å²) in [7, 11) is 2.13. The first kappa shape index (κ1) is 19.3. The number of aryl methyl sites for hydroxylation is 1. The normalized spacial score (nSPS) is 15.5. The lowest BCUT2D eigenvalue weighted by atomic mass is 10.2. The number of para-hydroxylation sites is 1. The first-order valence-corrected chi connectivity index (χ1v) is 9.47. The van der Waals surface area contributed by atoms with E-state index in [0.29, 0.717) is 18.8 Å². The molecule has 2 aromatic rings. The summed E-state index contributed by atoms with van der Waals surface area (Å²) >= 11 is 0. The highest BCUT2D eigenvalue weighted by atomic mass is 16.5. The topological polar surface area (TPSA) is 57.7 Å². The molecule has 1 fully saturated rings. The third-order valence-corrected chi connectivity index (χ3v) is 4.88. The van der Waals surface area contributed by atoms with Crippen LogP contribution in [0.25, 0.3) is 0 Å². The predicted octanol–water partition coefficient (Wildman–Crippen LogP) is 2.44. The zero-order valence-corrected chi connectivity index (χ0v) is 16.1. The van der Waals surface area contributed by atoms with Crippen LogP contribution in [0.1, 0.15) is 17.5 Å². The molecule has 1 aliphatic rings. The van der Waals surface area contributed by atoms with Crippen molar-refractivity contribution >= 4 is 5.91 Å². The van der Waals surface area contributed by atoms with Crippen LogP contribution in [0.4, 0.5) is 0 Å². The molecular formula is C21H28N4O2. The van der Waals surface area contributed by atoms with Crippen molar-refractivity contribution in [3.05, 3.63) is 53.7 Å². The van der Waals surface area contributed by atoms with E-state index in [4.69, 9.17) is 4.74 Å². The number of amides is 1. The zero-order chi connectivity index (χ0) is 19.1. The maximum absolute atomic E-state index is 12.2. The summed E-state index contributed by atoms with van der Waals surface area (Å²) in [6.45, 7) is 7.41. The van der Waals surface area contributed by atoms with Gasteiger partial charge >= 0.3 is 0 Å². The molecule has 1 aromatic heterocycles. The van der Waals surface area contributed by atoms with Crippen molar-refractivity contribution in [1.29, 1.82) is 0 Å². The first-order valence-electron chi connectivity index (χ1n) is 9.47. The number of benzene rings is 1. The minimum atomic E-state index is 0.0552. The molecule has 0 atom stereocenters. The van der Waals surface area contributed by atoms with Crippen LogP contribution in [0.5, 0.6) is 11.6 Å². The Morgan fingerprint density at radius 3 is 2.70 bits per heavy atom. The molecule has 0 aliphatic carbocycles. The van der Waals surface area contributed by atoms with Gasteiger partial charge < -0.3 is 19.9 Å². The highest BCUT2D eigenvalue weighted by Gasteiger charge is 2.15. The van der Waals surface area contributed by atoms with Crippen LogP contribution in [-0.4, -0.2) is 60.5 Å². The lowest BCUT2D eigenvalue weighted by Gasteiger charge is -2.32. The van der Waals surface area contributed by atoms with E-state index in [1.807, 2.05) is 43.3 Å². The number of hydrogen-bond acceptors (Lipinski definition) is 5. The lowest BCUT2D eigenvalue weighted by Crippen LogP contribution is -2.45. The Labute approximate surface area is 161 Å². The van der Waals surface area contributed by atoms with Crippen molar-refractivity contribution in [2.45, 2.75) is 19.9 Å². The van der Waals surface area contributed by atoms with Crippen molar-refractivity contribution in [2.24, 2.45) is 0 Å². The number of pyridine rings is 1. The molecule has 2 heterocycles. The quantitative estimate of drug-likeness (QED) is 0.813. The fraction of sp³-hybridized carbons (Fsp3) is 0.429. The van der Waals surface area contributed by atoms with Gasteiger partial charge in [-0.05, 0) is 31.7 Å². The van der Waals surface area contributed by atoms with E-state index in [1.165, 1.54) is 0 Å². The molecule has 1 N–H and O–H groups in total. The largest absolute Gasteiger partial charge is 0.438 e. The number of rotatable bonds is 7. The Morgan fingerprint density at radius 1 is 1.15 bits per heavy atom. The lowest BCUT2D eigenvalue weighted by molar-refractivity contribution is -0.121. The van der Waals surface area contributed by atoms with Gasteiger partial charge in [-0.15, -0.1) is 0 Å². The van der Waals surface area contributed by atoms with E-state index < -0.39 is 0 Å². The number of aromatic nitrogens is 1. The number of carbonyl (C=O) groups is 1. The number of hydrogen-bond donors (Lipinski definition) is 1. The van der Waals surface area contributed by atoms with Gasteiger partial charge in [0.1, 0.15) is 5.75 Å². The van der Waals surface area contributed by atoms with Crippen LogP contribution in [0.2, 0.25) is 0 Å². The third-order valence-electron chi connectivity index (χ3n) is 4.88. The fourth-order valence-corrected chi connectivity index (χ4v) is 3.04. The van der Waals surface area contributed by atoms with E-state index in [1.54, 1.807) is 6.20 Å². The Bertz CT molecular complexity index is 757. The molecule has 1 aliphatic heterocycles. The van der Waals surface area contributed by atoms with Crippen LogP contribution in [-0.2, 0) is 11.3 Å². The van der Waals surface area contributed by atoms with Gasteiger partial charge in [0, 0.05) is 57.4 Å². The first-order chi connectivity index (χ1) is 13.1.